The lowest BCUT2D eigenvalue weighted by Crippen LogP contribution is -2.12. The molecule has 0 bridgehead atoms. The van der Waals surface area contributed by atoms with Gasteiger partial charge in [0.1, 0.15) is 5.52 Å². The molecule has 0 spiro atoms. The Labute approximate surface area is 108 Å². The molecule has 2 aromatic heterocycles. The molecule has 18 heavy (non-hydrogen) atoms. The summed E-state index contributed by atoms with van der Waals surface area (Å²) in [5, 5.41) is 4.51. The first kappa shape index (κ1) is 12.9. The molecule has 1 unspecified atom stereocenters. The quantitative estimate of drug-likeness (QED) is 0.886. The summed E-state index contributed by atoms with van der Waals surface area (Å²) in [5.74, 6) is 0.608. The fraction of sp³-hybridized carbons (Fsp3) is 0.692. The van der Waals surface area contributed by atoms with Crippen molar-refractivity contribution in [2.24, 2.45) is 0 Å². The lowest BCUT2D eigenvalue weighted by molar-refractivity contribution is 0.489. The van der Waals surface area contributed by atoms with Gasteiger partial charge < -0.3 is 5.73 Å². The van der Waals surface area contributed by atoms with Crippen molar-refractivity contribution in [3.8, 4) is 0 Å². The number of anilines is 1. The molecule has 5 nitrogen and oxygen atoms in total. The maximum atomic E-state index is 6.07. The fourth-order valence-corrected chi connectivity index (χ4v) is 2.49. The van der Waals surface area contributed by atoms with E-state index in [1.54, 1.807) is 0 Å². The number of hydrogen-bond acceptors (Lipinski definition) is 3. The predicted molar refractivity (Wildman–Crippen MR) is 74.6 cm³/mol. The third-order valence-corrected chi connectivity index (χ3v) is 3.49. The van der Waals surface area contributed by atoms with Gasteiger partial charge in [0.25, 0.3) is 0 Å². The molecule has 2 rings (SSSR count). The summed E-state index contributed by atoms with van der Waals surface area (Å²) in [6, 6.07) is 0.372. The van der Waals surface area contributed by atoms with Gasteiger partial charge in [-0.25, -0.2) is 9.67 Å². The Hall–Kier alpha value is -1.52. The van der Waals surface area contributed by atoms with Gasteiger partial charge in [-0.15, -0.1) is 0 Å². The topological polar surface area (TPSA) is 61.7 Å². The molecule has 0 fully saturated rings. The smallest absolute Gasteiger partial charge is 0.202 e. The maximum Gasteiger partial charge on any atom is 0.202 e. The van der Waals surface area contributed by atoms with Gasteiger partial charge in [0.2, 0.25) is 5.95 Å². The zero-order valence-corrected chi connectivity index (χ0v) is 11.8. The van der Waals surface area contributed by atoms with Crippen molar-refractivity contribution < 1.29 is 0 Å². The first-order chi connectivity index (χ1) is 8.60. The van der Waals surface area contributed by atoms with Crippen molar-refractivity contribution in [3.05, 3.63) is 5.69 Å². The molecule has 0 aliphatic carbocycles. The average molecular weight is 249 g/mol. The van der Waals surface area contributed by atoms with Crippen molar-refractivity contribution in [2.75, 3.05) is 5.73 Å². The lowest BCUT2D eigenvalue weighted by atomic mass is 10.1. The minimum absolute atomic E-state index is 0.372. The molecule has 0 saturated heterocycles. The number of imidazole rings is 1. The number of fused-ring (bicyclic) bond motifs is 1. The second-order valence-electron chi connectivity index (χ2n) is 4.90. The highest BCUT2D eigenvalue weighted by molar-refractivity contribution is 5.77. The predicted octanol–water partition coefficient (Wildman–Crippen LogP) is 2.89. The van der Waals surface area contributed by atoms with Gasteiger partial charge in [-0.3, -0.25) is 4.57 Å². The van der Waals surface area contributed by atoms with Crippen LogP contribution in [0.1, 0.15) is 51.8 Å². The van der Waals surface area contributed by atoms with E-state index in [0.29, 0.717) is 12.0 Å². The molecular formula is C13H23N5. The Bertz CT molecular complexity index is 537. The van der Waals surface area contributed by atoms with E-state index in [1.165, 1.54) is 12.8 Å². The second-order valence-corrected chi connectivity index (χ2v) is 4.90. The summed E-state index contributed by atoms with van der Waals surface area (Å²) in [6.07, 6.45) is 3.54. The minimum Gasteiger partial charge on any atom is -0.369 e. The van der Waals surface area contributed by atoms with Crippen LogP contribution in [0.3, 0.4) is 0 Å². The van der Waals surface area contributed by atoms with Crippen LogP contribution in [0.5, 0.6) is 0 Å². The average Bonchev–Trinajstić information content (AvgIpc) is 2.83. The Morgan fingerprint density at radius 3 is 2.67 bits per heavy atom. The SMILES string of the molecule is CCCCC(C)n1c(N)nc2c(C)nn(CC)c21. The monoisotopic (exact) mass is 249 g/mol. The Kier molecular flexibility index (Phi) is 3.59. The van der Waals surface area contributed by atoms with Crippen molar-refractivity contribution >= 4 is 17.1 Å². The van der Waals surface area contributed by atoms with Gasteiger partial charge in [0.15, 0.2) is 5.65 Å². The van der Waals surface area contributed by atoms with Crippen LogP contribution in [0.15, 0.2) is 0 Å². The third kappa shape index (κ3) is 1.98. The normalized spacial score (nSPS) is 13.3. The highest BCUT2D eigenvalue weighted by Gasteiger charge is 2.19. The highest BCUT2D eigenvalue weighted by atomic mass is 15.4. The molecular weight excluding hydrogens is 226 g/mol. The van der Waals surface area contributed by atoms with E-state index in [2.05, 4.69) is 35.4 Å². The summed E-state index contributed by atoms with van der Waals surface area (Å²) in [5.41, 5.74) is 9.04. The molecule has 0 radical (unpaired) electrons. The van der Waals surface area contributed by atoms with Crippen LogP contribution in [-0.4, -0.2) is 19.3 Å². The van der Waals surface area contributed by atoms with E-state index in [1.807, 2.05) is 11.6 Å². The third-order valence-electron chi connectivity index (χ3n) is 3.49. The highest BCUT2D eigenvalue weighted by Crippen LogP contribution is 2.27. The number of hydrogen-bond donors (Lipinski definition) is 1. The van der Waals surface area contributed by atoms with E-state index in [0.717, 1.165) is 29.8 Å². The van der Waals surface area contributed by atoms with Crippen LogP contribution in [0.25, 0.3) is 11.2 Å². The maximum absolute atomic E-state index is 6.07. The molecule has 0 aliphatic heterocycles. The summed E-state index contributed by atoms with van der Waals surface area (Å²) < 4.78 is 4.13. The number of nitrogen functional groups attached to an aromatic ring is 1. The molecule has 0 saturated carbocycles. The van der Waals surface area contributed by atoms with Crippen LogP contribution in [-0.2, 0) is 6.54 Å². The Morgan fingerprint density at radius 1 is 1.33 bits per heavy atom. The second kappa shape index (κ2) is 5.00. The molecule has 1 atom stereocenters. The number of nitrogens with two attached hydrogens (primary N) is 1. The zero-order valence-electron chi connectivity index (χ0n) is 11.8. The van der Waals surface area contributed by atoms with Crippen molar-refractivity contribution in [3.63, 3.8) is 0 Å². The van der Waals surface area contributed by atoms with Crippen molar-refractivity contribution in [1.29, 1.82) is 0 Å². The summed E-state index contributed by atoms with van der Waals surface area (Å²) in [6.45, 7) is 9.34. The van der Waals surface area contributed by atoms with E-state index in [4.69, 9.17) is 5.73 Å². The molecule has 5 heteroatoms. The molecule has 100 valence electrons. The van der Waals surface area contributed by atoms with E-state index in [-0.39, 0.29) is 0 Å². The van der Waals surface area contributed by atoms with Crippen LogP contribution in [0, 0.1) is 6.92 Å². The Morgan fingerprint density at radius 2 is 2.06 bits per heavy atom. The van der Waals surface area contributed by atoms with Crippen molar-refractivity contribution in [2.45, 2.75) is 59.5 Å². The van der Waals surface area contributed by atoms with Gasteiger partial charge in [0.05, 0.1) is 5.69 Å². The lowest BCUT2D eigenvalue weighted by Gasteiger charge is -2.16. The molecule has 2 N–H and O–H groups in total. The van der Waals surface area contributed by atoms with Crippen LogP contribution in [0.2, 0.25) is 0 Å². The van der Waals surface area contributed by atoms with Crippen molar-refractivity contribution in [1.82, 2.24) is 19.3 Å². The Balaban J connectivity index is 2.51. The first-order valence-corrected chi connectivity index (χ1v) is 6.80. The molecule has 2 aromatic rings. The minimum atomic E-state index is 0.372. The van der Waals surface area contributed by atoms with E-state index >= 15 is 0 Å². The first-order valence-electron chi connectivity index (χ1n) is 6.80. The van der Waals surface area contributed by atoms with Crippen LogP contribution < -0.4 is 5.73 Å². The van der Waals surface area contributed by atoms with Gasteiger partial charge in [-0.2, -0.15) is 5.10 Å². The van der Waals surface area contributed by atoms with E-state index in [9.17, 15) is 0 Å². The van der Waals surface area contributed by atoms with Gasteiger partial charge in [0, 0.05) is 12.6 Å². The summed E-state index contributed by atoms with van der Waals surface area (Å²) in [4.78, 5) is 4.47. The molecule has 0 aromatic carbocycles. The van der Waals surface area contributed by atoms with Crippen LogP contribution >= 0.6 is 0 Å². The zero-order chi connectivity index (χ0) is 13.3. The molecule has 0 aliphatic rings. The number of aryl methyl sites for hydroxylation is 2. The van der Waals surface area contributed by atoms with Gasteiger partial charge >= 0.3 is 0 Å². The standard InChI is InChI=1S/C13H23N5/c1-5-7-8-9(3)18-12-11(15-13(18)14)10(4)16-17(12)6-2/h9H,5-8H2,1-4H3,(H2,14,15). The molecule has 2 heterocycles. The number of unbranched alkanes of at least 4 members (excludes halogenated alkanes) is 1. The number of rotatable bonds is 5. The largest absolute Gasteiger partial charge is 0.369 e. The van der Waals surface area contributed by atoms with Crippen LogP contribution in [0.4, 0.5) is 5.95 Å². The van der Waals surface area contributed by atoms with Gasteiger partial charge in [-0.1, -0.05) is 19.8 Å². The number of aromatic nitrogens is 4. The van der Waals surface area contributed by atoms with E-state index < -0.39 is 0 Å². The fourth-order valence-electron chi connectivity index (χ4n) is 2.49. The van der Waals surface area contributed by atoms with Gasteiger partial charge in [-0.05, 0) is 27.2 Å². The molecule has 0 amide bonds. The summed E-state index contributed by atoms with van der Waals surface area (Å²) >= 11 is 0. The summed E-state index contributed by atoms with van der Waals surface area (Å²) in [7, 11) is 0. The number of nitrogens with zero attached hydrogens (tertiary/aromatic N) is 4.